The van der Waals surface area contributed by atoms with Crippen molar-refractivity contribution in [2.24, 2.45) is 5.92 Å². The average Bonchev–Trinajstić information content (AvgIpc) is 3.33. The Morgan fingerprint density at radius 1 is 0.772 bits per heavy atom. The smallest absolute Gasteiger partial charge is 0.262 e. The van der Waals surface area contributed by atoms with Crippen molar-refractivity contribution in [3.05, 3.63) is 87.9 Å². The number of halogens is 1. The Morgan fingerprint density at radius 3 is 2.21 bits per heavy atom. The molecule has 14 heteroatoms. The van der Waals surface area contributed by atoms with Gasteiger partial charge in [-0.1, -0.05) is 11.6 Å². The number of anilines is 2. The second-order valence-corrected chi connectivity index (χ2v) is 16.1. The number of nitriles is 1. The molecule has 2 atom stereocenters. The van der Waals surface area contributed by atoms with Crippen molar-refractivity contribution in [1.29, 1.82) is 5.26 Å². The van der Waals surface area contributed by atoms with Crippen LogP contribution in [0.2, 0.25) is 5.02 Å². The molecule has 5 amide bonds. The minimum absolute atomic E-state index is 0.0267. The number of carbonyl (C=O) groups is 5. The summed E-state index contributed by atoms with van der Waals surface area (Å²) >= 11 is 6.19. The summed E-state index contributed by atoms with van der Waals surface area (Å²) in [7, 11) is 0. The number of ether oxygens (including phenoxy) is 1. The average molecular weight is 792 g/mol. The van der Waals surface area contributed by atoms with Gasteiger partial charge in [-0.3, -0.25) is 39.1 Å². The van der Waals surface area contributed by atoms with E-state index in [9.17, 15) is 24.0 Å². The molecule has 0 aliphatic carbocycles. The molecule has 8 rings (SSSR count). The fourth-order valence-corrected chi connectivity index (χ4v) is 9.03. The van der Waals surface area contributed by atoms with Crippen LogP contribution in [0.25, 0.3) is 0 Å². The molecule has 296 valence electrons. The van der Waals surface area contributed by atoms with E-state index in [1.807, 2.05) is 23.1 Å². The number of hydrogen-bond acceptors (Lipinski definition) is 10. The minimum Gasteiger partial charge on any atom is -0.490 e. The van der Waals surface area contributed by atoms with Gasteiger partial charge in [-0.15, -0.1) is 0 Å². The first-order chi connectivity index (χ1) is 27.6. The van der Waals surface area contributed by atoms with Crippen molar-refractivity contribution in [3.63, 3.8) is 0 Å². The van der Waals surface area contributed by atoms with E-state index >= 15 is 0 Å². The van der Waals surface area contributed by atoms with Crippen LogP contribution < -0.4 is 19.9 Å². The largest absolute Gasteiger partial charge is 0.490 e. The minimum atomic E-state index is -0.969. The molecule has 3 aromatic carbocycles. The maximum Gasteiger partial charge on any atom is 0.262 e. The Bertz CT molecular complexity index is 2100. The first-order valence-electron chi connectivity index (χ1n) is 20.0. The van der Waals surface area contributed by atoms with Crippen molar-refractivity contribution >= 4 is 52.5 Å². The lowest BCUT2D eigenvalue weighted by Gasteiger charge is -2.40. The highest BCUT2D eigenvalue weighted by Gasteiger charge is 2.45. The molecule has 1 N–H and O–H groups in total. The maximum absolute atomic E-state index is 13.5. The highest BCUT2D eigenvalue weighted by molar-refractivity contribution is 6.31. The highest BCUT2D eigenvalue weighted by atomic mass is 35.5. The first-order valence-corrected chi connectivity index (χ1v) is 20.4. The van der Waals surface area contributed by atoms with Crippen LogP contribution in [-0.4, -0.2) is 115 Å². The van der Waals surface area contributed by atoms with Gasteiger partial charge in [0.25, 0.3) is 17.7 Å². The normalized spacial score (nSPS) is 22.2. The van der Waals surface area contributed by atoms with E-state index in [0.717, 1.165) is 94.2 Å². The van der Waals surface area contributed by atoms with Crippen LogP contribution in [0.15, 0.2) is 60.7 Å². The number of amides is 5. The zero-order valence-electron chi connectivity index (χ0n) is 31.8. The van der Waals surface area contributed by atoms with Gasteiger partial charge in [0, 0.05) is 94.7 Å². The fraction of sp³-hybridized carbons (Fsp3) is 0.442. The zero-order chi connectivity index (χ0) is 39.6. The number of benzene rings is 3. The van der Waals surface area contributed by atoms with Gasteiger partial charge in [-0.25, -0.2) is 0 Å². The van der Waals surface area contributed by atoms with Crippen LogP contribution in [0.5, 0.6) is 5.75 Å². The number of piperidine rings is 2. The van der Waals surface area contributed by atoms with E-state index in [4.69, 9.17) is 21.6 Å². The van der Waals surface area contributed by atoms with Crippen LogP contribution in [0, 0.1) is 17.2 Å². The number of nitrogens with one attached hydrogen (secondary N) is 1. The summed E-state index contributed by atoms with van der Waals surface area (Å²) in [6.07, 6.45) is 4.66. The fourth-order valence-electron chi connectivity index (χ4n) is 8.82. The number of nitrogens with zero attached hydrogens (tertiary/aromatic N) is 6. The molecule has 13 nitrogen and oxygen atoms in total. The molecule has 5 aliphatic heterocycles. The summed E-state index contributed by atoms with van der Waals surface area (Å²) in [5.41, 5.74) is 3.75. The van der Waals surface area contributed by atoms with Gasteiger partial charge in [0.2, 0.25) is 11.8 Å². The van der Waals surface area contributed by atoms with Crippen molar-refractivity contribution in [2.75, 3.05) is 68.7 Å². The molecule has 4 saturated heterocycles. The number of carbonyl (C=O) groups excluding carboxylic acids is 5. The summed E-state index contributed by atoms with van der Waals surface area (Å²) in [4.78, 5) is 74.1. The van der Waals surface area contributed by atoms with Crippen molar-refractivity contribution in [2.45, 2.75) is 57.1 Å². The lowest BCUT2D eigenvalue weighted by molar-refractivity contribution is -0.136. The number of rotatable bonds is 8. The molecular weight excluding hydrogens is 746 g/mol. The Kier molecular flexibility index (Phi) is 11.2. The van der Waals surface area contributed by atoms with Gasteiger partial charge in [0.15, 0.2) is 0 Å². The lowest BCUT2D eigenvalue weighted by Crippen LogP contribution is -2.54. The van der Waals surface area contributed by atoms with E-state index in [-0.39, 0.29) is 30.8 Å². The summed E-state index contributed by atoms with van der Waals surface area (Å²) in [6.45, 7) is 7.81. The van der Waals surface area contributed by atoms with Crippen molar-refractivity contribution in [1.82, 2.24) is 20.0 Å². The molecule has 5 aliphatic rings. The van der Waals surface area contributed by atoms with Crippen molar-refractivity contribution in [3.8, 4) is 11.8 Å². The predicted octanol–water partition coefficient (Wildman–Crippen LogP) is 4.73. The first kappa shape index (κ1) is 38.4. The summed E-state index contributed by atoms with van der Waals surface area (Å²) in [5, 5.41) is 11.8. The molecule has 57 heavy (non-hydrogen) atoms. The number of imide groups is 2. The van der Waals surface area contributed by atoms with E-state index in [1.54, 1.807) is 30.3 Å². The van der Waals surface area contributed by atoms with Crippen LogP contribution >= 0.6 is 11.6 Å². The molecule has 0 spiro atoms. The zero-order valence-corrected chi connectivity index (χ0v) is 32.6. The summed E-state index contributed by atoms with van der Waals surface area (Å²) in [5.74, 6) is -0.720. The quantitative estimate of drug-likeness (QED) is 0.318. The maximum atomic E-state index is 13.5. The molecule has 2 unspecified atom stereocenters. The Balaban J connectivity index is 0.774. The van der Waals surface area contributed by atoms with E-state index < -0.39 is 23.8 Å². The molecule has 0 bridgehead atoms. The molecule has 4 fully saturated rings. The molecule has 0 aromatic heterocycles. The number of hydrogen-bond donors (Lipinski definition) is 1. The second-order valence-electron chi connectivity index (χ2n) is 15.7. The van der Waals surface area contributed by atoms with Gasteiger partial charge >= 0.3 is 0 Å². The van der Waals surface area contributed by atoms with Gasteiger partial charge in [0.05, 0.1) is 21.7 Å². The molecule has 3 aromatic rings. The van der Waals surface area contributed by atoms with Crippen LogP contribution in [0.1, 0.15) is 81.6 Å². The number of likely N-dealkylation sites (tertiary alicyclic amines) is 1. The van der Waals surface area contributed by atoms with E-state index in [2.05, 4.69) is 38.2 Å². The second kappa shape index (κ2) is 16.6. The third-order valence-electron chi connectivity index (χ3n) is 12.1. The summed E-state index contributed by atoms with van der Waals surface area (Å²) in [6, 6.07) is 19.6. The van der Waals surface area contributed by atoms with Crippen LogP contribution in [0.3, 0.4) is 0 Å². The molecule has 5 heterocycles. The topological polar surface area (TPSA) is 147 Å². The molecule has 0 saturated carbocycles. The third kappa shape index (κ3) is 8.20. The Hall–Kier alpha value is -5.45. The van der Waals surface area contributed by atoms with Gasteiger partial charge in [-0.05, 0) is 92.6 Å². The van der Waals surface area contributed by atoms with Crippen LogP contribution in [-0.2, 0) is 9.59 Å². The van der Waals surface area contributed by atoms with Gasteiger partial charge < -0.3 is 19.4 Å². The standard InChI is InChI=1S/C43H46ClN7O6/c44-37-25-34(9-5-30(37)26-45)57-33-2-1-16-50(19-15-33)41(54)29-3-6-31(7-4-29)49-22-20-47(21-23-49)27-28-13-17-48(18-14-28)32-8-10-35-36(24-32)43(56)51(42(35)55)38-11-12-39(52)46-40(38)53/h3-10,24-25,28,33,38H,1-2,11-23,27H2,(H,46,52,53). The molecule has 0 radical (unpaired) electrons. The SMILES string of the molecule is N#Cc1ccc(OC2CCCN(C(=O)c3ccc(N4CCN(CC5CCN(c6ccc7c(c6)C(=O)N(C6CCC(=O)NC6=O)C7=O)CC5)CC4)cc3)CC2)cc1Cl. The molecular formula is C43H46ClN7O6. The Labute approximate surface area is 337 Å². The van der Waals surface area contributed by atoms with Crippen LogP contribution in [0.4, 0.5) is 11.4 Å². The van der Waals surface area contributed by atoms with Crippen molar-refractivity contribution < 1.29 is 28.7 Å². The van der Waals surface area contributed by atoms with E-state index in [0.29, 0.717) is 52.0 Å². The number of fused-ring (bicyclic) bond motifs is 1. The van der Waals surface area contributed by atoms with E-state index in [1.165, 1.54) is 0 Å². The lowest BCUT2D eigenvalue weighted by atomic mass is 9.95. The third-order valence-corrected chi connectivity index (χ3v) is 12.4. The highest BCUT2D eigenvalue weighted by Crippen LogP contribution is 2.33. The van der Waals surface area contributed by atoms with Gasteiger partial charge in [0.1, 0.15) is 24.0 Å². The monoisotopic (exact) mass is 791 g/mol. The number of piperazine rings is 1. The van der Waals surface area contributed by atoms with Gasteiger partial charge in [-0.2, -0.15) is 5.26 Å². The summed E-state index contributed by atoms with van der Waals surface area (Å²) < 4.78 is 6.17. The predicted molar refractivity (Wildman–Crippen MR) is 213 cm³/mol. The Morgan fingerprint density at radius 2 is 1.49 bits per heavy atom.